The fraction of sp³-hybridized carbons (Fsp3) is 0.600. The summed E-state index contributed by atoms with van der Waals surface area (Å²) in [4.78, 5) is 27.0. The van der Waals surface area contributed by atoms with Crippen molar-refractivity contribution in [3.05, 3.63) is 29.3 Å². The Morgan fingerprint density at radius 2 is 1.92 bits per heavy atom. The first kappa shape index (κ1) is 22.5. The third kappa shape index (κ3) is 5.21. The van der Waals surface area contributed by atoms with Gasteiger partial charge in [-0.25, -0.2) is 0 Å². The lowest BCUT2D eigenvalue weighted by molar-refractivity contribution is -0.119. The molecule has 0 spiro atoms. The van der Waals surface area contributed by atoms with Gasteiger partial charge in [0.15, 0.2) is 0 Å². The molecule has 2 amide bonds. The predicted molar refractivity (Wildman–Crippen MR) is 109 cm³/mol. The number of amides is 2. The van der Waals surface area contributed by atoms with Crippen molar-refractivity contribution in [1.82, 2.24) is 4.90 Å². The molecule has 6 heteroatoms. The molecular formula is C20H32ClN3O2. The third-order valence-electron chi connectivity index (χ3n) is 5.01. The lowest BCUT2D eigenvalue weighted by Crippen LogP contribution is -2.45. The highest BCUT2D eigenvalue weighted by Crippen LogP contribution is 2.24. The number of nitrogens with zero attached hydrogens (tertiary/aromatic N) is 1. The van der Waals surface area contributed by atoms with Crippen LogP contribution in [0.4, 0.5) is 5.69 Å². The van der Waals surface area contributed by atoms with Crippen LogP contribution in [0.25, 0.3) is 0 Å². The van der Waals surface area contributed by atoms with E-state index in [1.54, 1.807) is 12.1 Å². The Morgan fingerprint density at radius 1 is 1.27 bits per heavy atom. The first-order valence-electron chi connectivity index (χ1n) is 9.09. The van der Waals surface area contributed by atoms with Crippen LogP contribution in [0.2, 0.25) is 0 Å². The second-order valence-corrected chi connectivity index (χ2v) is 8.21. The van der Waals surface area contributed by atoms with Crippen LogP contribution in [0.15, 0.2) is 18.2 Å². The molecule has 2 rings (SSSR count). The minimum absolute atomic E-state index is 0. The number of piperidine rings is 1. The van der Waals surface area contributed by atoms with Gasteiger partial charge in [0.1, 0.15) is 0 Å². The molecule has 0 bridgehead atoms. The number of likely N-dealkylation sites (tertiary alicyclic amines) is 1. The molecule has 3 N–H and O–H groups in total. The number of hydrogen-bond donors (Lipinski definition) is 2. The van der Waals surface area contributed by atoms with Gasteiger partial charge in [0.2, 0.25) is 5.91 Å². The number of nitrogens with one attached hydrogen (secondary N) is 1. The summed E-state index contributed by atoms with van der Waals surface area (Å²) < 4.78 is 0. The average Bonchev–Trinajstić information content (AvgIpc) is 2.54. The minimum atomic E-state index is -0.595. The van der Waals surface area contributed by atoms with E-state index in [4.69, 9.17) is 5.73 Å². The summed E-state index contributed by atoms with van der Waals surface area (Å²) in [5.74, 6) is -0.140. The van der Waals surface area contributed by atoms with E-state index in [0.717, 1.165) is 24.9 Å². The maximum atomic E-state index is 12.8. The molecule has 0 aliphatic carbocycles. The van der Waals surface area contributed by atoms with E-state index < -0.39 is 6.04 Å². The normalized spacial score (nSPS) is 18.7. The Kier molecular flexibility index (Phi) is 7.66. The molecule has 1 aliphatic rings. The summed E-state index contributed by atoms with van der Waals surface area (Å²) in [6, 6.07) is 5.12. The smallest absolute Gasteiger partial charge is 0.254 e. The SMILES string of the molecule is Cc1cc(C(=O)N2CCCCC2C)ccc1NC(=O)[C@@H](N)C(C)(C)C.Cl. The van der Waals surface area contributed by atoms with Gasteiger partial charge in [-0.05, 0) is 62.3 Å². The monoisotopic (exact) mass is 381 g/mol. The van der Waals surface area contributed by atoms with Crippen molar-refractivity contribution < 1.29 is 9.59 Å². The van der Waals surface area contributed by atoms with Crippen molar-refractivity contribution in [3.63, 3.8) is 0 Å². The van der Waals surface area contributed by atoms with Gasteiger partial charge in [-0.1, -0.05) is 20.8 Å². The molecule has 26 heavy (non-hydrogen) atoms. The Morgan fingerprint density at radius 3 is 2.46 bits per heavy atom. The highest BCUT2D eigenvalue weighted by atomic mass is 35.5. The molecule has 146 valence electrons. The maximum absolute atomic E-state index is 12.8. The van der Waals surface area contributed by atoms with Crippen LogP contribution in [-0.4, -0.2) is 35.3 Å². The van der Waals surface area contributed by atoms with Crippen molar-refractivity contribution in [3.8, 4) is 0 Å². The van der Waals surface area contributed by atoms with Gasteiger partial charge in [-0.2, -0.15) is 0 Å². The summed E-state index contributed by atoms with van der Waals surface area (Å²) in [5.41, 5.74) is 7.94. The largest absolute Gasteiger partial charge is 0.336 e. The Bertz CT molecular complexity index is 655. The highest BCUT2D eigenvalue weighted by Gasteiger charge is 2.28. The number of halogens is 1. The van der Waals surface area contributed by atoms with E-state index in [9.17, 15) is 9.59 Å². The Labute approximate surface area is 163 Å². The minimum Gasteiger partial charge on any atom is -0.336 e. The number of hydrogen-bond acceptors (Lipinski definition) is 3. The van der Waals surface area contributed by atoms with Crippen molar-refractivity contribution >= 4 is 29.9 Å². The second-order valence-electron chi connectivity index (χ2n) is 8.21. The zero-order valence-corrected chi connectivity index (χ0v) is 17.3. The lowest BCUT2D eigenvalue weighted by Gasteiger charge is -2.33. The summed E-state index contributed by atoms with van der Waals surface area (Å²) in [6.07, 6.45) is 3.31. The van der Waals surface area contributed by atoms with Crippen LogP contribution >= 0.6 is 12.4 Å². The Balaban J connectivity index is 0.00000338. The second kappa shape index (κ2) is 8.87. The molecule has 1 unspecified atom stereocenters. The summed E-state index contributed by atoms with van der Waals surface area (Å²) >= 11 is 0. The van der Waals surface area contributed by atoms with Crippen molar-refractivity contribution in [2.24, 2.45) is 11.1 Å². The van der Waals surface area contributed by atoms with Gasteiger partial charge in [-0.15, -0.1) is 12.4 Å². The topological polar surface area (TPSA) is 75.4 Å². The predicted octanol–water partition coefficient (Wildman–Crippen LogP) is 3.74. The fourth-order valence-electron chi connectivity index (χ4n) is 3.11. The molecule has 5 nitrogen and oxygen atoms in total. The molecule has 1 aromatic rings. The standard InChI is InChI=1S/C20H31N3O2.ClH/c1-13-12-15(19(25)23-11-7-6-8-14(23)2)9-10-16(13)22-18(24)17(21)20(3,4)5;/h9-10,12,14,17H,6-8,11,21H2,1-5H3,(H,22,24);1H/t14?,17-;/m1./s1. The number of rotatable bonds is 3. The van der Waals surface area contributed by atoms with Crippen LogP contribution in [0.1, 0.15) is 62.9 Å². The van der Waals surface area contributed by atoms with Gasteiger partial charge >= 0.3 is 0 Å². The van der Waals surface area contributed by atoms with Crippen molar-refractivity contribution in [2.45, 2.75) is 66.0 Å². The van der Waals surface area contributed by atoms with E-state index in [2.05, 4.69) is 12.2 Å². The molecule has 1 fully saturated rings. The van der Waals surface area contributed by atoms with E-state index >= 15 is 0 Å². The number of aryl methyl sites for hydroxylation is 1. The van der Waals surface area contributed by atoms with Gasteiger partial charge in [-0.3, -0.25) is 9.59 Å². The quantitative estimate of drug-likeness (QED) is 0.837. The first-order chi connectivity index (χ1) is 11.6. The van der Waals surface area contributed by atoms with E-state index in [1.165, 1.54) is 6.42 Å². The molecule has 1 aliphatic heterocycles. The van der Waals surface area contributed by atoms with Crippen LogP contribution < -0.4 is 11.1 Å². The molecule has 2 atom stereocenters. The fourth-order valence-corrected chi connectivity index (χ4v) is 3.11. The van der Waals surface area contributed by atoms with Crippen LogP contribution in [0.5, 0.6) is 0 Å². The summed E-state index contributed by atoms with van der Waals surface area (Å²) in [5, 5.41) is 2.88. The van der Waals surface area contributed by atoms with Gasteiger partial charge in [0.25, 0.3) is 5.91 Å². The summed E-state index contributed by atoms with van der Waals surface area (Å²) in [7, 11) is 0. The molecular weight excluding hydrogens is 350 g/mol. The molecule has 0 radical (unpaired) electrons. The lowest BCUT2D eigenvalue weighted by atomic mass is 9.87. The molecule has 0 saturated carbocycles. The summed E-state index contributed by atoms with van der Waals surface area (Å²) in [6.45, 7) is 10.6. The van der Waals surface area contributed by atoms with Crippen LogP contribution in [-0.2, 0) is 4.79 Å². The van der Waals surface area contributed by atoms with Crippen LogP contribution in [0, 0.1) is 12.3 Å². The van der Waals surface area contributed by atoms with E-state index in [-0.39, 0.29) is 35.7 Å². The zero-order valence-electron chi connectivity index (χ0n) is 16.5. The average molecular weight is 382 g/mol. The number of carbonyl (C=O) groups excluding carboxylic acids is 2. The van der Waals surface area contributed by atoms with Crippen molar-refractivity contribution in [2.75, 3.05) is 11.9 Å². The van der Waals surface area contributed by atoms with Crippen molar-refractivity contribution in [1.29, 1.82) is 0 Å². The number of benzene rings is 1. The number of carbonyl (C=O) groups is 2. The molecule has 1 saturated heterocycles. The maximum Gasteiger partial charge on any atom is 0.254 e. The zero-order chi connectivity index (χ0) is 18.8. The van der Waals surface area contributed by atoms with E-state index in [0.29, 0.717) is 11.3 Å². The van der Waals surface area contributed by atoms with E-state index in [1.807, 2.05) is 38.7 Å². The highest BCUT2D eigenvalue weighted by molar-refractivity contribution is 5.98. The molecule has 1 heterocycles. The Hall–Kier alpha value is -1.59. The van der Waals surface area contributed by atoms with Gasteiger partial charge < -0.3 is 16.0 Å². The first-order valence-corrected chi connectivity index (χ1v) is 9.09. The number of nitrogens with two attached hydrogens (primary N) is 1. The van der Waals surface area contributed by atoms with Gasteiger partial charge in [0, 0.05) is 23.8 Å². The number of anilines is 1. The third-order valence-corrected chi connectivity index (χ3v) is 5.01. The van der Waals surface area contributed by atoms with Gasteiger partial charge in [0.05, 0.1) is 6.04 Å². The van der Waals surface area contributed by atoms with Crippen LogP contribution in [0.3, 0.4) is 0 Å². The molecule has 1 aromatic carbocycles. The molecule has 0 aromatic heterocycles.